The van der Waals surface area contributed by atoms with E-state index in [1.807, 2.05) is 20.9 Å². The van der Waals surface area contributed by atoms with Crippen LogP contribution in [0.15, 0.2) is 17.3 Å². The van der Waals surface area contributed by atoms with Gasteiger partial charge in [-0.1, -0.05) is 0 Å². The van der Waals surface area contributed by atoms with Crippen LogP contribution in [0.1, 0.15) is 32.7 Å². The number of likely N-dealkylation sites (N-methyl/N-ethyl adjacent to an activating group) is 1. The van der Waals surface area contributed by atoms with Crippen molar-refractivity contribution in [2.24, 2.45) is 0 Å². The Kier molecular flexibility index (Phi) is 6.00. The quantitative estimate of drug-likeness (QED) is 0.906. The van der Waals surface area contributed by atoms with Crippen molar-refractivity contribution in [3.63, 3.8) is 0 Å². The number of hydrogen-bond acceptors (Lipinski definition) is 4. The molecule has 2 rings (SSSR count). The van der Waals surface area contributed by atoms with Crippen LogP contribution in [-0.2, 0) is 10.0 Å². The predicted molar refractivity (Wildman–Crippen MR) is 80.7 cm³/mol. The van der Waals surface area contributed by atoms with Crippen molar-refractivity contribution in [2.45, 2.75) is 43.7 Å². The smallest absolute Gasteiger partial charge is 0.246 e. The molecule has 1 saturated heterocycles. The van der Waals surface area contributed by atoms with E-state index in [9.17, 15) is 8.42 Å². The molecule has 116 valence electrons. The summed E-state index contributed by atoms with van der Waals surface area (Å²) in [5, 5.41) is 7.27. The summed E-state index contributed by atoms with van der Waals surface area (Å²) in [7, 11) is -1.54. The number of halogens is 1. The van der Waals surface area contributed by atoms with E-state index < -0.39 is 10.0 Å². The molecule has 6 nitrogen and oxygen atoms in total. The third-order valence-corrected chi connectivity index (χ3v) is 5.36. The van der Waals surface area contributed by atoms with Gasteiger partial charge in [0, 0.05) is 31.4 Å². The summed E-state index contributed by atoms with van der Waals surface area (Å²) < 4.78 is 28.3. The predicted octanol–water partition coefficient (Wildman–Crippen LogP) is 1.26. The number of aromatic nitrogens is 2. The Morgan fingerprint density at radius 3 is 2.70 bits per heavy atom. The Balaban J connectivity index is 0.00000200. The highest BCUT2D eigenvalue weighted by Crippen LogP contribution is 2.21. The molecule has 0 aromatic carbocycles. The zero-order chi connectivity index (χ0) is 14.0. The van der Waals surface area contributed by atoms with Crippen LogP contribution in [0.25, 0.3) is 0 Å². The standard InChI is InChI=1S/C12H22N4O2S.ClH/c1-10(2)16-9-12(7-14-16)19(17,18)15-6-4-5-11(8-15)13-3;/h7,9-11,13H,4-6,8H2,1-3H3;1H. The zero-order valence-corrected chi connectivity index (χ0v) is 13.7. The lowest BCUT2D eigenvalue weighted by Gasteiger charge is -2.31. The molecule has 0 aliphatic carbocycles. The van der Waals surface area contributed by atoms with Crippen molar-refractivity contribution in [1.29, 1.82) is 0 Å². The van der Waals surface area contributed by atoms with Gasteiger partial charge in [0.25, 0.3) is 0 Å². The topological polar surface area (TPSA) is 67.2 Å². The minimum Gasteiger partial charge on any atom is -0.316 e. The molecule has 0 radical (unpaired) electrons. The zero-order valence-electron chi connectivity index (χ0n) is 12.1. The molecule has 0 spiro atoms. The van der Waals surface area contributed by atoms with Crippen LogP contribution >= 0.6 is 12.4 Å². The van der Waals surface area contributed by atoms with Crippen molar-refractivity contribution >= 4 is 22.4 Å². The molecule has 1 aliphatic heterocycles. The van der Waals surface area contributed by atoms with E-state index in [2.05, 4.69) is 10.4 Å². The van der Waals surface area contributed by atoms with E-state index in [-0.39, 0.29) is 29.4 Å². The van der Waals surface area contributed by atoms with Crippen molar-refractivity contribution < 1.29 is 8.42 Å². The molecule has 0 saturated carbocycles. The van der Waals surface area contributed by atoms with Gasteiger partial charge < -0.3 is 5.32 Å². The number of hydrogen-bond donors (Lipinski definition) is 1. The van der Waals surface area contributed by atoms with E-state index in [1.54, 1.807) is 15.2 Å². The van der Waals surface area contributed by atoms with Crippen LogP contribution < -0.4 is 5.32 Å². The summed E-state index contributed by atoms with van der Waals surface area (Å²) in [6.07, 6.45) is 4.97. The monoisotopic (exact) mass is 322 g/mol. The van der Waals surface area contributed by atoms with Crippen LogP contribution in [0, 0.1) is 0 Å². The molecular formula is C12H23ClN4O2S. The van der Waals surface area contributed by atoms with Gasteiger partial charge in [0.05, 0.1) is 6.20 Å². The van der Waals surface area contributed by atoms with E-state index in [4.69, 9.17) is 0 Å². The number of nitrogens with zero attached hydrogens (tertiary/aromatic N) is 3. The van der Waals surface area contributed by atoms with Gasteiger partial charge in [-0.2, -0.15) is 9.40 Å². The summed E-state index contributed by atoms with van der Waals surface area (Å²) in [6, 6.07) is 0.402. The average Bonchev–Trinajstić information content (AvgIpc) is 2.89. The molecule has 1 aliphatic rings. The third-order valence-electron chi connectivity index (χ3n) is 3.54. The van der Waals surface area contributed by atoms with Gasteiger partial charge in [-0.3, -0.25) is 4.68 Å². The van der Waals surface area contributed by atoms with Gasteiger partial charge in [0.1, 0.15) is 4.90 Å². The molecular weight excluding hydrogens is 300 g/mol. The van der Waals surface area contributed by atoms with Crippen molar-refractivity contribution in [3.05, 3.63) is 12.4 Å². The van der Waals surface area contributed by atoms with Crippen molar-refractivity contribution in [2.75, 3.05) is 20.1 Å². The van der Waals surface area contributed by atoms with E-state index in [1.165, 1.54) is 6.20 Å². The molecule has 1 fully saturated rings. The molecule has 1 unspecified atom stereocenters. The number of sulfonamides is 1. The van der Waals surface area contributed by atoms with Gasteiger partial charge in [0.2, 0.25) is 10.0 Å². The minimum atomic E-state index is -3.41. The summed E-state index contributed by atoms with van der Waals surface area (Å²) in [5.41, 5.74) is 0. The van der Waals surface area contributed by atoms with E-state index in [0.717, 1.165) is 12.8 Å². The first-order valence-corrected chi connectivity index (χ1v) is 8.10. The largest absolute Gasteiger partial charge is 0.316 e. The van der Waals surface area contributed by atoms with Crippen molar-refractivity contribution in [3.8, 4) is 0 Å². The highest BCUT2D eigenvalue weighted by atomic mass is 35.5. The highest BCUT2D eigenvalue weighted by molar-refractivity contribution is 7.89. The Bertz CT molecular complexity index is 529. The maximum atomic E-state index is 12.5. The Labute approximate surface area is 127 Å². The van der Waals surface area contributed by atoms with Crippen LogP contribution in [0.3, 0.4) is 0 Å². The van der Waals surface area contributed by atoms with E-state index in [0.29, 0.717) is 13.1 Å². The molecule has 2 heterocycles. The van der Waals surface area contributed by atoms with E-state index >= 15 is 0 Å². The van der Waals surface area contributed by atoms with Gasteiger partial charge in [-0.05, 0) is 33.7 Å². The number of nitrogens with one attached hydrogen (secondary N) is 1. The number of piperidine rings is 1. The Morgan fingerprint density at radius 1 is 1.45 bits per heavy atom. The van der Waals surface area contributed by atoms with Crippen LogP contribution in [-0.4, -0.2) is 48.7 Å². The summed E-state index contributed by atoms with van der Waals surface area (Å²) in [4.78, 5) is 0.290. The number of rotatable bonds is 4. The molecule has 8 heteroatoms. The lowest BCUT2D eigenvalue weighted by molar-refractivity contribution is 0.293. The molecule has 1 aromatic heterocycles. The molecule has 0 bridgehead atoms. The normalized spacial score (nSPS) is 20.9. The summed E-state index contributed by atoms with van der Waals surface area (Å²) in [5.74, 6) is 0. The molecule has 20 heavy (non-hydrogen) atoms. The Morgan fingerprint density at radius 2 is 2.15 bits per heavy atom. The maximum Gasteiger partial charge on any atom is 0.246 e. The van der Waals surface area contributed by atoms with Crippen LogP contribution in [0.4, 0.5) is 0 Å². The van der Waals surface area contributed by atoms with Gasteiger partial charge in [-0.25, -0.2) is 8.42 Å². The SMILES string of the molecule is CNC1CCCN(S(=O)(=O)c2cnn(C(C)C)c2)C1.Cl. The second-order valence-corrected chi connectivity index (χ2v) is 7.18. The molecule has 0 amide bonds. The second kappa shape index (κ2) is 6.89. The highest BCUT2D eigenvalue weighted by Gasteiger charge is 2.30. The fraction of sp³-hybridized carbons (Fsp3) is 0.750. The van der Waals surface area contributed by atoms with Crippen LogP contribution in [0.5, 0.6) is 0 Å². The summed E-state index contributed by atoms with van der Waals surface area (Å²) in [6.45, 7) is 5.07. The summed E-state index contributed by atoms with van der Waals surface area (Å²) >= 11 is 0. The lowest BCUT2D eigenvalue weighted by Crippen LogP contribution is -2.46. The molecule has 1 atom stereocenters. The fourth-order valence-corrected chi connectivity index (χ4v) is 3.75. The second-order valence-electron chi connectivity index (χ2n) is 5.24. The fourth-order valence-electron chi connectivity index (χ4n) is 2.28. The van der Waals surface area contributed by atoms with Gasteiger partial charge in [-0.15, -0.1) is 12.4 Å². The first kappa shape index (κ1) is 17.4. The first-order valence-electron chi connectivity index (χ1n) is 6.66. The third kappa shape index (κ3) is 3.52. The molecule has 1 aromatic rings. The van der Waals surface area contributed by atoms with Crippen LogP contribution in [0.2, 0.25) is 0 Å². The van der Waals surface area contributed by atoms with Gasteiger partial charge >= 0.3 is 0 Å². The first-order chi connectivity index (χ1) is 8.95. The Hall–Kier alpha value is -0.630. The lowest BCUT2D eigenvalue weighted by atomic mass is 10.1. The molecule has 1 N–H and O–H groups in total. The van der Waals surface area contributed by atoms with Crippen molar-refractivity contribution in [1.82, 2.24) is 19.4 Å². The minimum absolute atomic E-state index is 0. The average molecular weight is 323 g/mol. The maximum absolute atomic E-state index is 12.5. The van der Waals surface area contributed by atoms with Gasteiger partial charge in [0.15, 0.2) is 0 Å².